The third-order valence-electron chi connectivity index (χ3n) is 3.65. The van der Waals surface area contributed by atoms with Gasteiger partial charge in [0.15, 0.2) is 0 Å². The molecule has 2 N–H and O–H groups in total. The highest BCUT2D eigenvalue weighted by molar-refractivity contribution is 5.38. The minimum absolute atomic E-state index is 0.316. The Kier molecular flexibility index (Phi) is 3.93. The van der Waals surface area contributed by atoms with Crippen molar-refractivity contribution >= 4 is 0 Å². The summed E-state index contributed by atoms with van der Waals surface area (Å²) < 4.78 is 5.76. The van der Waals surface area contributed by atoms with Gasteiger partial charge in [-0.2, -0.15) is 0 Å². The summed E-state index contributed by atoms with van der Waals surface area (Å²) in [5, 5.41) is 20.0. The molecule has 3 heteroatoms. The molecule has 18 heavy (non-hydrogen) atoms. The maximum Gasteiger partial charge on any atom is 0.125 e. The van der Waals surface area contributed by atoms with Gasteiger partial charge in [-0.05, 0) is 38.3 Å². The van der Waals surface area contributed by atoms with Crippen molar-refractivity contribution in [3.63, 3.8) is 0 Å². The van der Waals surface area contributed by atoms with Crippen LogP contribution < -0.4 is 4.74 Å². The van der Waals surface area contributed by atoms with Gasteiger partial charge in [0, 0.05) is 5.56 Å². The van der Waals surface area contributed by atoms with Crippen molar-refractivity contribution in [1.82, 2.24) is 0 Å². The molecule has 0 aliphatic heterocycles. The Morgan fingerprint density at radius 1 is 1.33 bits per heavy atom. The molecular weight excluding hydrogens is 228 g/mol. The second kappa shape index (κ2) is 5.29. The van der Waals surface area contributed by atoms with Crippen LogP contribution in [-0.2, 0) is 0 Å². The lowest BCUT2D eigenvalue weighted by Gasteiger charge is -2.23. The normalized spacial score (nSPS) is 19.8. The van der Waals surface area contributed by atoms with E-state index in [9.17, 15) is 10.2 Å². The van der Waals surface area contributed by atoms with Crippen LogP contribution in [0.1, 0.15) is 49.8 Å². The average molecular weight is 250 g/mol. The van der Waals surface area contributed by atoms with Crippen molar-refractivity contribution in [2.75, 3.05) is 6.61 Å². The smallest absolute Gasteiger partial charge is 0.125 e. The molecule has 1 aromatic carbocycles. The number of aryl methyl sites for hydroxylation is 1. The molecular formula is C15H22O3. The Labute approximate surface area is 108 Å². The molecule has 0 bridgehead atoms. The summed E-state index contributed by atoms with van der Waals surface area (Å²) >= 11 is 0. The van der Waals surface area contributed by atoms with Crippen LogP contribution in [0.5, 0.6) is 5.75 Å². The number of aliphatic hydroxyl groups is 2. The van der Waals surface area contributed by atoms with Gasteiger partial charge in [-0.3, -0.25) is 0 Å². The summed E-state index contributed by atoms with van der Waals surface area (Å²) in [6, 6.07) is 5.76. The zero-order valence-electron chi connectivity index (χ0n) is 11.1. The van der Waals surface area contributed by atoms with Crippen molar-refractivity contribution in [3.05, 3.63) is 29.3 Å². The highest BCUT2D eigenvalue weighted by Gasteiger charge is 2.32. The van der Waals surface area contributed by atoms with Crippen LogP contribution in [0.2, 0.25) is 0 Å². The van der Waals surface area contributed by atoms with E-state index in [2.05, 4.69) is 0 Å². The number of aliphatic hydroxyl groups excluding tert-OH is 1. The number of rotatable bonds is 4. The number of hydrogen-bond acceptors (Lipinski definition) is 3. The van der Waals surface area contributed by atoms with Crippen molar-refractivity contribution in [3.8, 4) is 5.75 Å². The molecule has 0 saturated heterocycles. The van der Waals surface area contributed by atoms with E-state index < -0.39 is 11.7 Å². The third kappa shape index (κ3) is 3.03. The predicted octanol–water partition coefficient (Wildman–Crippen LogP) is 2.73. The van der Waals surface area contributed by atoms with Gasteiger partial charge >= 0.3 is 0 Å². The molecule has 0 amide bonds. The van der Waals surface area contributed by atoms with Gasteiger partial charge in [0.05, 0.1) is 11.7 Å². The summed E-state index contributed by atoms with van der Waals surface area (Å²) in [5.74, 6) is 0.685. The van der Waals surface area contributed by atoms with Crippen LogP contribution in [0.25, 0.3) is 0 Å². The standard InChI is InChI=1S/C15H22O3/c1-11-5-6-13(12(2)16)14(9-11)18-10-15(17)7-3-4-8-15/h5-6,9,12,16-17H,3-4,7-8,10H2,1-2H3/t12-/m0/s1. The Morgan fingerprint density at radius 2 is 2.00 bits per heavy atom. The summed E-state index contributed by atoms with van der Waals surface area (Å²) in [5.41, 5.74) is 1.19. The molecule has 3 nitrogen and oxygen atoms in total. The number of ether oxygens (including phenoxy) is 1. The number of benzene rings is 1. The molecule has 0 radical (unpaired) electrons. The molecule has 1 saturated carbocycles. The van der Waals surface area contributed by atoms with E-state index >= 15 is 0 Å². The van der Waals surface area contributed by atoms with E-state index in [1.165, 1.54) is 0 Å². The first kappa shape index (κ1) is 13.4. The van der Waals surface area contributed by atoms with Crippen LogP contribution >= 0.6 is 0 Å². The first-order valence-corrected chi connectivity index (χ1v) is 6.64. The lowest BCUT2D eigenvalue weighted by atomic mass is 10.0. The first-order chi connectivity index (χ1) is 8.50. The molecule has 2 rings (SSSR count). The first-order valence-electron chi connectivity index (χ1n) is 6.64. The summed E-state index contributed by atoms with van der Waals surface area (Å²) in [4.78, 5) is 0. The molecule has 1 aliphatic rings. The van der Waals surface area contributed by atoms with Gasteiger partial charge in [-0.25, -0.2) is 0 Å². The zero-order valence-corrected chi connectivity index (χ0v) is 11.1. The van der Waals surface area contributed by atoms with E-state index in [4.69, 9.17) is 4.74 Å². The van der Waals surface area contributed by atoms with E-state index in [1.54, 1.807) is 6.92 Å². The van der Waals surface area contributed by atoms with Gasteiger partial charge in [-0.1, -0.05) is 25.0 Å². The van der Waals surface area contributed by atoms with Gasteiger partial charge in [0.25, 0.3) is 0 Å². The molecule has 0 unspecified atom stereocenters. The largest absolute Gasteiger partial charge is 0.490 e. The van der Waals surface area contributed by atoms with E-state index in [1.807, 2.05) is 25.1 Å². The highest BCUT2D eigenvalue weighted by Crippen LogP contribution is 2.32. The highest BCUT2D eigenvalue weighted by atomic mass is 16.5. The van der Waals surface area contributed by atoms with Gasteiger partial charge in [0.1, 0.15) is 12.4 Å². The monoisotopic (exact) mass is 250 g/mol. The Hall–Kier alpha value is -1.06. The van der Waals surface area contributed by atoms with Crippen molar-refractivity contribution in [1.29, 1.82) is 0 Å². The van der Waals surface area contributed by atoms with Crippen LogP contribution in [-0.4, -0.2) is 22.4 Å². The lowest BCUT2D eigenvalue weighted by molar-refractivity contribution is 0.000454. The molecule has 1 aliphatic carbocycles. The Morgan fingerprint density at radius 3 is 2.61 bits per heavy atom. The minimum Gasteiger partial charge on any atom is -0.490 e. The Bertz CT molecular complexity index is 406. The molecule has 0 spiro atoms. The van der Waals surface area contributed by atoms with E-state index in [-0.39, 0.29) is 0 Å². The maximum absolute atomic E-state index is 10.3. The van der Waals surface area contributed by atoms with E-state index in [0.717, 1.165) is 36.8 Å². The quantitative estimate of drug-likeness (QED) is 0.864. The predicted molar refractivity (Wildman–Crippen MR) is 70.7 cm³/mol. The zero-order chi connectivity index (χ0) is 13.2. The van der Waals surface area contributed by atoms with Crippen molar-refractivity contribution in [2.45, 2.75) is 51.2 Å². The maximum atomic E-state index is 10.3. The van der Waals surface area contributed by atoms with Crippen molar-refractivity contribution in [2.24, 2.45) is 0 Å². The average Bonchev–Trinajstić information content (AvgIpc) is 2.74. The van der Waals surface area contributed by atoms with Crippen LogP contribution in [0.4, 0.5) is 0 Å². The summed E-state index contributed by atoms with van der Waals surface area (Å²) in [6.45, 7) is 4.03. The summed E-state index contributed by atoms with van der Waals surface area (Å²) in [6.07, 6.45) is 3.19. The Balaban J connectivity index is 2.10. The lowest BCUT2D eigenvalue weighted by Crippen LogP contribution is -2.32. The second-order valence-electron chi connectivity index (χ2n) is 5.44. The molecule has 1 aromatic rings. The third-order valence-corrected chi connectivity index (χ3v) is 3.65. The fraction of sp³-hybridized carbons (Fsp3) is 0.600. The topological polar surface area (TPSA) is 49.7 Å². The number of hydrogen-bond donors (Lipinski definition) is 2. The van der Waals surface area contributed by atoms with Gasteiger partial charge in [0.2, 0.25) is 0 Å². The van der Waals surface area contributed by atoms with Crippen LogP contribution in [0.3, 0.4) is 0 Å². The molecule has 1 fully saturated rings. The van der Waals surface area contributed by atoms with Crippen LogP contribution in [0, 0.1) is 6.92 Å². The summed E-state index contributed by atoms with van der Waals surface area (Å²) in [7, 11) is 0. The fourth-order valence-corrected chi connectivity index (χ4v) is 2.50. The van der Waals surface area contributed by atoms with Crippen LogP contribution in [0.15, 0.2) is 18.2 Å². The molecule has 0 aromatic heterocycles. The van der Waals surface area contributed by atoms with Gasteiger partial charge < -0.3 is 14.9 Å². The van der Waals surface area contributed by atoms with Crippen molar-refractivity contribution < 1.29 is 14.9 Å². The van der Waals surface area contributed by atoms with E-state index in [0.29, 0.717) is 12.4 Å². The molecule has 100 valence electrons. The fourth-order valence-electron chi connectivity index (χ4n) is 2.50. The SMILES string of the molecule is Cc1ccc([C@H](C)O)c(OCC2(O)CCCC2)c1. The van der Waals surface area contributed by atoms with Gasteiger partial charge in [-0.15, -0.1) is 0 Å². The molecule has 0 heterocycles. The second-order valence-corrected chi connectivity index (χ2v) is 5.44. The molecule has 1 atom stereocenters. The minimum atomic E-state index is -0.681.